The van der Waals surface area contributed by atoms with Gasteiger partial charge in [-0.1, -0.05) is 42.5 Å². The smallest absolute Gasteiger partial charge is 0.0427 e. The summed E-state index contributed by atoms with van der Waals surface area (Å²) < 4.78 is 2.50. The molecule has 1 saturated carbocycles. The summed E-state index contributed by atoms with van der Waals surface area (Å²) in [6.45, 7) is 7.46. The fourth-order valence-electron chi connectivity index (χ4n) is 5.87. The molecule has 1 saturated heterocycles. The Kier molecular flexibility index (Phi) is 9.74. The van der Waals surface area contributed by atoms with E-state index in [0.717, 1.165) is 58.7 Å². The van der Waals surface area contributed by atoms with E-state index in [4.69, 9.17) is 0 Å². The Bertz CT molecular complexity index is 1020. The summed E-state index contributed by atoms with van der Waals surface area (Å²) in [6, 6.07) is 11.2. The Morgan fingerprint density at radius 2 is 1.89 bits per heavy atom. The highest BCUT2D eigenvalue weighted by molar-refractivity contribution is 7.97. The summed E-state index contributed by atoms with van der Waals surface area (Å²) >= 11 is 1.89. The zero-order valence-electron chi connectivity index (χ0n) is 22.4. The summed E-state index contributed by atoms with van der Waals surface area (Å²) in [5, 5.41) is 7.00. The van der Waals surface area contributed by atoms with Crippen molar-refractivity contribution in [2.75, 3.05) is 52.9 Å². The summed E-state index contributed by atoms with van der Waals surface area (Å²) in [6.07, 6.45) is 18.1. The van der Waals surface area contributed by atoms with Gasteiger partial charge in [-0.25, -0.2) is 4.31 Å². The molecule has 1 aromatic rings. The first-order chi connectivity index (χ1) is 18.3. The van der Waals surface area contributed by atoms with Gasteiger partial charge in [0.2, 0.25) is 0 Å². The number of hydrogen-bond acceptors (Lipinski definition) is 6. The summed E-state index contributed by atoms with van der Waals surface area (Å²) in [5.74, 6) is 0. The molecule has 0 amide bonds. The van der Waals surface area contributed by atoms with E-state index in [0.29, 0.717) is 6.04 Å². The van der Waals surface area contributed by atoms with Crippen molar-refractivity contribution >= 4 is 17.7 Å². The van der Waals surface area contributed by atoms with Crippen molar-refractivity contribution < 1.29 is 0 Å². The van der Waals surface area contributed by atoms with Gasteiger partial charge in [0.1, 0.15) is 0 Å². The van der Waals surface area contributed by atoms with Crippen LogP contribution in [0.5, 0.6) is 0 Å². The molecule has 0 bridgehead atoms. The summed E-state index contributed by atoms with van der Waals surface area (Å²) in [7, 11) is 2.04. The minimum Gasteiger partial charge on any atom is -0.369 e. The van der Waals surface area contributed by atoms with Gasteiger partial charge in [-0.2, -0.15) is 0 Å². The molecule has 0 aromatic heterocycles. The first-order valence-corrected chi connectivity index (χ1v) is 15.0. The van der Waals surface area contributed by atoms with Crippen LogP contribution in [0, 0.1) is 0 Å². The molecule has 5 aliphatic rings. The van der Waals surface area contributed by atoms with E-state index in [1.165, 1.54) is 54.0 Å². The lowest BCUT2D eigenvalue weighted by atomic mass is 9.91. The molecule has 6 rings (SSSR count). The van der Waals surface area contributed by atoms with Gasteiger partial charge in [-0.05, 0) is 92.8 Å². The first-order valence-electron chi connectivity index (χ1n) is 14.2. The number of benzene rings is 1. The Hall–Kier alpha value is -2.12. The molecule has 1 atom stereocenters. The van der Waals surface area contributed by atoms with Crippen molar-refractivity contribution in [1.29, 1.82) is 0 Å². The number of nitrogens with one attached hydrogen (secondary N) is 2. The maximum absolute atomic E-state index is 4.50. The number of rotatable bonds is 5. The van der Waals surface area contributed by atoms with Crippen LogP contribution in [0.1, 0.15) is 44.9 Å². The number of hydrogen-bond donors (Lipinski definition) is 2. The highest BCUT2D eigenvalue weighted by Crippen LogP contribution is 2.32. The third-order valence-electron chi connectivity index (χ3n) is 7.81. The van der Waals surface area contributed by atoms with Gasteiger partial charge in [0, 0.05) is 68.2 Å². The fourth-order valence-corrected chi connectivity index (χ4v) is 6.79. The molecule has 2 aliphatic carbocycles. The van der Waals surface area contributed by atoms with Crippen LogP contribution >= 0.6 is 11.9 Å². The van der Waals surface area contributed by atoms with Gasteiger partial charge in [0.15, 0.2) is 0 Å². The molecule has 3 heterocycles. The monoisotopic (exact) mass is 517 g/mol. The van der Waals surface area contributed by atoms with E-state index in [1.54, 1.807) is 11.1 Å². The van der Waals surface area contributed by atoms with Crippen LogP contribution in [0.4, 0.5) is 0 Å². The molecule has 2 fully saturated rings. The van der Waals surface area contributed by atoms with E-state index in [-0.39, 0.29) is 0 Å². The maximum Gasteiger partial charge on any atom is 0.0427 e. The van der Waals surface area contributed by atoms with Gasteiger partial charge < -0.3 is 15.5 Å². The predicted molar refractivity (Wildman–Crippen MR) is 158 cm³/mol. The lowest BCUT2D eigenvalue weighted by Crippen LogP contribution is -2.46. The lowest BCUT2D eigenvalue weighted by molar-refractivity contribution is 0.241. The SMILES string of the molecule is C1=C2CCCCC2=NCC1.CNCC1CC2=C(C=CCC=C2N2CCN(Sc3ccccc3)CC2)CN1. The molecule has 37 heavy (non-hydrogen) atoms. The maximum atomic E-state index is 4.50. The molecule has 0 radical (unpaired) electrons. The Labute approximate surface area is 228 Å². The summed E-state index contributed by atoms with van der Waals surface area (Å²) in [5.41, 5.74) is 7.50. The second-order valence-electron chi connectivity index (χ2n) is 10.4. The van der Waals surface area contributed by atoms with E-state index in [9.17, 15) is 0 Å². The number of aliphatic imine (C=N–C) groups is 1. The van der Waals surface area contributed by atoms with Crippen molar-refractivity contribution in [3.05, 3.63) is 77.1 Å². The minimum atomic E-state index is 0.526. The van der Waals surface area contributed by atoms with Gasteiger partial charge in [0.05, 0.1) is 0 Å². The van der Waals surface area contributed by atoms with Crippen molar-refractivity contribution in [3.63, 3.8) is 0 Å². The molecule has 1 aromatic carbocycles. The molecule has 2 N–H and O–H groups in total. The normalized spacial score (nSPS) is 24.1. The second kappa shape index (κ2) is 13.6. The zero-order valence-corrected chi connectivity index (χ0v) is 23.2. The van der Waals surface area contributed by atoms with Crippen molar-refractivity contribution in [2.45, 2.75) is 55.9 Å². The van der Waals surface area contributed by atoms with Gasteiger partial charge >= 0.3 is 0 Å². The van der Waals surface area contributed by atoms with E-state index in [2.05, 4.69) is 79.5 Å². The molecule has 6 heteroatoms. The van der Waals surface area contributed by atoms with Crippen LogP contribution in [0.3, 0.4) is 0 Å². The van der Waals surface area contributed by atoms with E-state index < -0.39 is 0 Å². The lowest BCUT2D eigenvalue weighted by Gasteiger charge is -2.39. The van der Waals surface area contributed by atoms with Crippen molar-refractivity contribution in [2.24, 2.45) is 4.99 Å². The van der Waals surface area contributed by atoms with Crippen LogP contribution in [0.15, 0.2) is 86.9 Å². The predicted octanol–water partition coefficient (Wildman–Crippen LogP) is 5.36. The van der Waals surface area contributed by atoms with E-state index in [1.807, 2.05) is 19.0 Å². The number of piperazine rings is 1. The fraction of sp³-hybridized carbons (Fsp3) is 0.516. The van der Waals surface area contributed by atoms with Crippen LogP contribution in [-0.2, 0) is 0 Å². The molecule has 5 nitrogen and oxygen atoms in total. The number of nitrogens with zero attached hydrogens (tertiary/aromatic N) is 3. The molecule has 3 aliphatic heterocycles. The average Bonchev–Trinajstić information content (AvgIpc) is 3.17. The zero-order chi connectivity index (χ0) is 25.3. The number of fused-ring (bicyclic) bond motifs is 1. The molecule has 0 spiro atoms. The van der Waals surface area contributed by atoms with Crippen molar-refractivity contribution in [1.82, 2.24) is 19.8 Å². The van der Waals surface area contributed by atoms with Crippen LogP contribution < -0.4 is 10.6 Å². The van der Waals surface area contributed by atoms with Crippen LogP contribution in [-0.4, -0.2) is 73.8 Å². The number of allylic oxidation sites excluding steroid dienone is 4. The van der Waals surface area contributed by atoms with Crippen LogP contribution in [0.2, 0.25) is 0 Å². The first kappa shape index (κ1) is 26.5. The Morgan fingerprint density at radius 3 is 2.70 bits per heavy atom. The van der Waals surface area contributed by atoms with Crippen molar-refractivity contribution in [3.8, 4) is 0 Å². The summed E-state index contributed by atoms with van der Waals surface area (Å²) in [4.78, 5) is 8.45. The quantitative estimate of drug-likeness (QED) is 0.515. The molecule has 1 unspecified atom stereocenters. The highest BCUT2D eigenvalue weighted by atomic mass is 32.2. The van der Waals surface area contributed by atoms with E-state index >= 15 is 0 Å². The number of likely N-dealkylation sites (N-methyl/N-ethyl adjacent to an activating group) is 1. The topological polar surface area (TPSA) is 42.9 Å². The highest BCUT2D eigenvalue weighted by Gasteiger charge is 2.27. The number of dihydropyridines is 1. The molecular formula is C31H43N5S. The average molecular weight is 518 g/mol. The second-order valence-corrected chi connectivity index (χ2v) is 11.6. The van der Waals surface area contributed by atoms with Gasteiger partial charge in [-0.3, -0.25) is 4.99 Å². The molecular weight excluding hydrogens is 474 g/mol. The third kappa shape index (κ3) is 7.26. The Morgan fingerprint density at radius 1 is 1.05 bits per heavy atom. The van der Waals surface area contributed by atoms with Crippen LogP contribution in [0.25, 0.3) is 0 Å². The van der Waals surface area contributed by atoms with Gasteiger partial charge in [-0.15, -0.1) is 0 Å². The molecule has 198 valence electrons. The third-order valence-corrected chi connectivity index (χ3v) is 8.91. The minimum absolute atomic E-state index is 0.526. The van der Waals surface area contributed by atoms with Gasteiger partial charge in [0.25, 0.3) is 0 Å². The largest absolute Gasteiger partial charge is 0.369 e. The standard InChI is InChI=1S/C22H30N4S.C9H13N/c1-23-17-19-15-21-18(16-24-19)7-5-6-10-22(21)25-11-13-26(14-12-25)27-20-8-3-2-4-9-20;1-2-6-9-8(4-1)5-3-7-10-9/h2-5,7-10,19,23-24H,6,11-17H2,1H3;5H,1-4,6-7H2. The Balaban J connectivity index is 0.000000233.